The van der Waals surface area contributed by atoms with E-state index in [-0.39, 0.29) is 29.6 Å². The van der Waals surface area contributed by atoms with Gasteiger partial charge in [-0.1, -0.05) is 35.5 Å². The number of hydrogen-bond donors (Lipinski definition) is 1. The lowest BCUT2D eigenvalue weighted by molar-refractivity contribution is -0.119. The largest absolute Gasteiger partial charge is 0.349 e. The van der Waals surface area contributed by atoms with Crippen LogP contribution in [0.2, 0.25) is 5.02 Å². The van der Waals surface area contributed by atoms with Crippen molar-refractivity contribution in [1.82, 2.24) is 25.0 Å². The number of nitrogens with zero attached hydrogens (tertiary/aromatic N) is 4. The lowest BCUT2D eigenvalue weighted by Gasteiger charge is -2.20. The quantitative estimate of drug-likeness (QED) is 0.494. The Morgan fingerprint density at radius 2 is 1.90 bits per heavy atom. The molecule has 0 bridgehead atoms. The van der Waals surface area contributed by atoms with Gasteiger partial charge in [-0.05, 0) is 69.9 Å². The molecule has 3 aromatic rings. The number of carbonyl (C=O) groups is 1. The van der Waals surface area contributed by atoms with Crippen LogP contribution in [0.4, 0.5) is 4.39 Å². The molecule has 3 rings (SSSR count). The number of thioether (sulfide) groups is 1. The Hall–Kier alpha value is -2.42. The van der Waals surface area contributed by atoms with E-state index in [9.17, 15) is 9.18 Å². The smallest absolute Gasteiger partial charge is 0.230 e. The van der Waals surface area contributed by atoms with Gasteiger partial charge in [-0.3, -0.25) is 14.3 Å². The molecule has 2 aromatic carbocycles. The summed E-state index contributed by atoms with van der Waals surface area (Å²) in [5, 5.41) is 12.8. The maximum atomic E-state index is 13.4. The van der Waals surface area contributed by atoms with Crippen molar-refractivity contribution < 1.29 is 9.18 Å². The van der Waals surface area contributed by atoms with E-state index in [1.54, 1.807) is 18.2 Å². The van der Waals surface area contributed by atoms with E-state index in [0.29, 0.717) is 16.0 Å². The number of halogens is 2. The predicted octanol–water partition coefficient (Wildman–Crippen LogP) is 4.65. The van der Waals surface area contributed by atoms with Crippen LogP contribution in [0, 0.1) is 5.82 Å². The van der Waals surface area contributed by atoms with Crippen LogP contribution in [0.3, 0.4) is 0 Å². The van der Waals surface area contributed by atoms with Crippen LogP contribution in [-0.4, -0.2) is 45.4 Å². The number of nitrogens with one attached hydrogen (secondary N) is 1. The molecule has 6 nitrogen and oxygen atoms in total. The molecular formula is C22H25ClFN5OS. The van der Waals surface area contributed by atoms with Crippen LogP contribution in [0.15, 0.2) is 53.7 Å². The van der Waals surface area contributed by atoms with E-state index in [1.807, 2.05) is 55.6 Å². The van der Waals surface area contributed by atoms with E-state index in [4.69, 9.17) is 11.6 Å². The zero-order valence-corrected chi connectivity index (χ0v) is 19.4. The number of hydrogen-bond acceptors (Lipinski definition) is 5. The van der Waals surface area contributed by atoms with E-state index in [0.717, 1.165) is 11.3 Å². The lowest BCUT2D eigenvalue weighted by Crippen LogP contribution is -2.28. The summed E-state index contributed by atoms with van der Waals surface area (Å²) in [5.41, 5.74) is 1.67. The summed E-state index contributed by atoms with van der Waals surface area (Å²) in [4.78, 5) is 14.6. The second-order valence-corrected chi connectivity index (χ2v) is 8.80. The fraction of sp³-hybridized carbons (Fsp3) is 0.318. The van der Waals surface area contributed by atoms with Crippen molar-refractivity contribution in [3.63, 3.8) is 0 Å². The Bertz CT molecular complexity index is 1040. The summed E-state index contributed by atoms with van der Waals surface area (Å²) in [7, 11) is 3.90. The first kappa shape index (κ1) is 23.2. The molecule has 0 fully saturated rings. The Kier molecular flexibility index (Phi) is 7.69. The monoisotopic (exact) mass is 461 g/mol. The van der Waals surface area contributed by atoms with Crippen LogP contribution in [0.1, 0.15) is 37.3 Å². The van der Waals surface area contributed by atoms with Gasteiger partial charge < -0.3 is 5.32 Å². The molecule has 0 aliphatic carbocycles. The minimum absolute atomic E-state index is 0.0245. The van der Waals surface area contributed by atoms with Crippen molar-refractivity contribution in [3.05, 3.63) is 70.8 Å². The van der Waals surface area contributed by atoms with Crippen molar-refractivity contribution in [2.24, 2.45) is 0 Å². The summed E-state index contributed by atoms with van der Waals surface area (Å²) >= 11 is 7.32. The minimum atomic E-state index is -0.317. The average Bonchev–Trinajstić information content (AvgIpc) is 3.16. The molecule has 0 unspecified atom stereocenters. The van der Waals surface area contributed by atoms with Crippen LogP contribution >= 0.6 is 23.4 Å². The highest BCUT2D eigenvalue weighted by Gasteiger charge is 2.22. The molecule has 0 saturated heterocycles. The van der Waals surface area contributed by atoms with E-state index >= 15 is 0 Å². The molecule has 31 heavy (non-hydrogen) atoms. The van der Waals surface area contributed by atoms with E-state index in [2.05, 4.69) is 15.5 Å². The van der Waals surface area contributed by atoms with Gasteiger partial charge in [0.25, 0.3) is 0 Å². The average molecular weight is 462 g/mol. The molecule has 9 heteroatoms. The standard InChI is InChI=1S/C22H25ClFN5OS/c1-14(16-6-5-7-17(23)12-16)25-20(30)13-31-22-27-26-21(15(2)28(3)4)29(22)19-10-8-18(24)9-11-19/h5-12,14-15H,13H2,1-4H3,(H,25,30)/t14-,15-/m0/s1. The van der Waals surface area contributed by atoms with E-state index in [1.165, 1.54) is 23.9 Å². The fourth-order valence-corrected chi connectivity index (χ4v) is 3.95. The summed E-state index contributed by atoms with van der Waals surface area (Å²) in [5.74, 6) is 0.434. The van der Waals surface area contributed by atoms with Gasteiger partial charge >= 0.3 is 0 Å². The number of amides is 1. The minimum Gasteiger partial charge on any atom is -0.349 e. The molecular weight excluding hydrogens is 437 g/mol. The maximum absolute atomic E-state index is 13.4. The molecule has 1 aromatic heterocycles. The van der Waals surface area contributed by atoms with Crippen LogP contribution in [0.25, 0.3) is 5.69 Å². The first-order valence-corrected chi connectivity index (χ1v) is 11.2. The van der Waals surface area contributed by atoms with E-state index < -0.39 is 0 Å². The van der Waals surface area contributed by atoms with Crippen molar-refractivity contribution in [1.29, 1.82) is 0 Å². The number of rotatable bonds is 8. The highest BCUT2D eigenvalue weighted by molar-refractivity contribution is 7.99. The molecule has 1 heterocycles. The second-order valence-electron chi connectivity index (χ2n) is 7.43. The number of benzene rings is 2. The third-order valence-electron chi connectivity index (χ3n) is 4.95. The Morgan fingerprint density at radius 3 is 2.55 bits per heavy atom. The maximum Gasteiger partial charge on any atom is 0.230 e. The van der Waals surface area contributed by atoms with Gasteiger partial charge in [0.05, 0.1) is 17.8 Å². The van der Waals surface area contributed by atoms with Gasteiger partial charge in [0.1, 0.15) is 5.82 Å². The lowest BCUT2D eigenvalue weighted by atomic mass is 10.1. The van der Waals surface area contributed by atoms with Crippen LogP contribution < -0.4 is 5.32 Å². The van der Waals surface area contributed by atoms with Gasteiger partial charge in [0, 0.05) is 10.7 Å². The van der Waals surface area contributed by atoms with Gasteiger partial charge in [0.15, 0.2) is 11.0 Å². The third-order valence-corrected chi connectivity index (χ3v) is 6.11. The zero-order chi connectivity index (χ0) is 22.5. The van der Waals surface area contributed by atoms with Crippen molar-refractivity contribution in [3.8, 4) is 5.69 Å². The summed E-state index contributed by atoms with van der Waals surface area (Å²) in [6, 6.07) is 13.4. The van der Waals surface area contributed by atoms with Gasteiger partial charge in [-0.25, -0.2) is 4.39 Å². The van der Waals surface area contributed by atoms with Crippen molar-refractivity contribution >= 4 is 29.3 Å². The molecule has 164 valence electrons. The Balaban J connectivity index is 1.76. The van der Waals surface area contributed by atoms with Crippen LogP contribution in [0.5, 0.6) is 0 Å². The highest BCUT2D eigenvalue weighted by atomic mass is 35.5. The Morgan fingerprint density at radius 1 is 1.19 bits per heavy atom. The second kappa shape index (κ2) is 10.3. The third kappa shape index (κ3) is 5.84. The first-order valence-electron chi connectivity index (χ1n) is 9.81. The number of carbonyl (C=O) groups excluding carboxylic acids is 1. The zero-order valence-electron chi connectivity index (χ0n) is 17.8. The number of aromatic nitrogens is 3. The first-order chi connectivity index (χ1) is 14.8. The molecule has 0 aliphatic heterocycles. The normalized spacial score (nSPS) is 13.3. The Labute approximate surface area is 190 Å². The molecule has 1 N–H and O–H groups in total. The van der Waals surface area contributed by atoms with Gasteiger partial charge in [-0.2, -0.15) is 0 Å². The fourth-order valence-electron chi connectivity index (χ4n) is 2.98. The summed E-state index contributed by atoms with van der Waals surface area (Å²) < 4.78 is 15.3. The highest BCUT2D eigenvalue weighted by Crippen LogP contribution is 2.27. The molecule has 0 saturated carbocycles. The molecule has 0 spiro atoms. The van der Waals surface area contributed by atoms with Gasteiger partial charge in [-0.15, -0.1) is 10.2 Å². The summed E-state index contributed by atoms with van der Waals surface area (Å²) in [6.07, 6.45) is 0. The van der Waals surface area contributed by atoms with Crippen LogP contribution in [-0.2, 0) is 4.79 Å². The predicted molar refractivity (Wildman–Crippen MR) is 122 cm³/mol. The van der Waals surface area contributed by atoms with Gasteiger partial charge in [0.2, 0.25) is 5.91 Å². The molecule has 2 atom stereocenters. The van der Waals surface area contributed by atoms with Crippen molar-refractivity contribution in [2.45, 2.75) is 31.1 Å². The summed E-state index contributed by atoms with van der Waals surface area (Å²) in [6.45, 7) is 3.92. The molecule has 0 aliphatic rings. The molecule has 0 radical (unpaired) electrons. The topological polar surface area (TPSA) is 63.1 Å². The SMILES string of the molecule is C[C@H](NC(=O)CSc1nnc([C@H](C)N(C)C)n1-c1ccc(F)cc1)c1cccc(Cl)c1. The molecule has 1 amide bonds. The van der Waals surface area contributed by atoms with Crippen molar-refractivity contribution in [2.75, 3.05) is 19.8 Å².